The minimum Gasteiger partial charge on any atom is -0.497 e. The van der Waals surface area contributed by atoms with Gasteiger partial charge in [0, 0.05) is 25.3 Å². The Balaban J connectivity index is 1.66. The molecular weight excluding hydrogens is 401 g/mol. The number of nitrogens with zero attached hydrogens (tertiary/aromatic N) is 1. The summed E-state index contributed by atoms with van der Waals surface area (Å²) in [5, 5.41) is 6.57. The second-order valence-electron chi connectivity index (χ2n) is 6.40. The maximum atomic E-state index is 12.4. The third-order valence-electron chi connectivity index (χ3n) is 4.62. The van der Waals surface area contributed by atoms with Crippen LogP contribution in [0.5, 0.6) is 5.75 Å². The van der Waals surface area contributed by atoms with E-state index in [0.29, 0.717) is 35.5 Å². The van der Waals surface area contributed by atoms with Crippen molar-refractivity contribution in [1.82, 2.24) is 10.2 Å². The van der Waals surface area contributed by atoms with E-state index in [9.17, 15) is 4.79 Å². The van der Waals surface area contributed by atoms with E-state index in [0.717, 1.165) is 24.4 Å². The minimum absolute atomic E-state index is 0.0364. The third kappa shape index (κ3) is 5.52. The fourth-order valence-electron chi connectivity index (χ4n) is 3.11. The van der Waals surface area contributed by atoms with Crippen molar-refractivity contribution >= 4 is 34.9 Å². The van der Waals surface area contributed by atoms with Crippen molar-refractivity contribution in [2.45, 2.75) is 6.04 Å². The summed E-state index contributed by atoms with van der Waals surface area (Å²) in [5.74, 6) is 0.801. The molecule has 2 aromatic carbocycles. The predicted molar refractivity (Wildman–Crippen MR) is 112 cm³/mol. The summed E-state index contributed by atoms with van der Waals surface area (Å²) in [6, 6.07) is 12.6. The molecule has 1 saturated heterocycles. The molecule has 6 nitrogen and oxygen atoms in total. The average molecular weight is 424 g/mol. The lowest BCUT2D eigenvalue weighted by molar-refractivity contribution is 0.0167. The van der Waals surface area contributed by atoms with Gasteiger partial charge in [-0.2, -0.15) is 0 Å². The lowest BCUT2D eigenvalue weighted by atomic mass is 10.0. The lowest BCUT2D eigenvalue weighted by Gasteiger charge is -2.35. The predicted octanol–water partition coefficient (Wildman–Crippen LogP) is 4.20. The first-order valence-corrected chi connectivity index (χ1v) is 9.78. The van der Waals surface area contributed by atoms with Crippen LogP contribution in [-0.2, 0) is 4.74 Å². The molecule has 8 heteroatoms. The summed E-state index contributed by atoms with van der Waals surface area (Å²) in [5.41, 5.74) is 1.69. The standard InChI is InChI=1S/C20H23Cl2N3O3/c1-27-16-5-2-14(3-6-16)19(25-8-10-28-11-9-25)13-23-20(26)24-15-4-7-17(21)18(22)12-15/h2-7,12,19H,8-11,13H2,1H3,(H2,23,24,26). The van der Waals surface area contributed by atoms with E-state index in [1.165, 1.54) is 0 Å². The number of urea groups is 1. The number of anilines is 1. The normalized spacial score (nSPS) is 15.7. The largest absolute Gasteiger partial charge is 0.497 e. The molecule has 1 heterocycles. The van der Waals surface area contributed by atoms with Crippen molar-refractivity contribution in [3.05, 3.63) is 58.1 Å². The number of hydrogen-bond donors (Lipinski definition) is 2. The van der Waals surface area contributed by atoms with Crippen molar-refractivity contribution in [1.29, 1.82) is 0 Å². The molecule has 0 saturated carbocycles. The van der Waals surface area contributed by atoms with Crippen LogP contribution in [0.1, 0.15) is 11.6 Å². The second-order valence-corrected chi connectivity index (χ2v) is 7.22. The molecule has 1 aliphatic rings. The molecule has 0 bridgehead atoms. The monoisotopic (exact) mass is 423 g/mol. The fourth-order valence-corrected chi connectivity index (χ4v) is 3.41. The first-order valence-electron chi connectivity index (χ1n) is 9.02. The summed E-state index contributed by atoms with van der Waals surface area (Å²) in [4.78, 5) is 14.7. The maximum absolute atomic E-state index is 12.4. The average Bonchev–Trinajstić information content (AvgIpc) is 2.72. The number of benzene rings is 2. The lowest BCUT2D eigenvalue weighted by Crippen LogP contribution is -2.44. The molecule has 1 atom stereocenters. The number of carbonyl (C=O) groups excluding carboxylic acids is 1. The Morgan fingerprint density at radius 3 is 2.50 bits per heavy atom. The van der Waals surface area contributed by atoms with Gasteiger partial charge in [0.2, 0.25) is 0 Å². The molecule has 2 amide bonds. The van der Waals surface area contributed by atoms with Crippen LogP contribution in [0, 0.1) is 0 Å². The highest BCUT2D eigenvalue weighted by Crippen LogP contribution is 2.26. The summed E-state index contributed by atoms with van der Waals surface area (Å²) in [6.07, 6.45) is 0. The summed E-state index contributed by atoms with van der Waals surface area (Å²) in [6.45, 7) is 3.45. The molecule has 0 aliphatic carbocycles. The van der Waals surface area contributed by atoms with Crippen LogP contribution < -0.4 is 15.4 Å². The molecule has 28 heavy (non-hydrogen) atoms. The zero-order chi connectivity index (χ0) is 19.9. The zero-order valence-electron chi connectivity index (χ0n) is 15.6. The Morgan fingerprint density at radius 2 is 1.86 bits per heavy atom. The van der Waals surface area contributed by atoms with E-state index < -0.39 is 0 Å². The minimum atomic E-state index is -0.301. The summed E-state index contributed by atoms with van der Waals surface area (Å²) >= 11 is 11.9. The van der Waals surface area contributed by atoms with Gasteiger partial charge in [0.05, 0.1) is 36.4 Å². The Morgan fingerprint density at radius 1 is 1.14 bits per heavy atom. The highest BCUT2D eigenvalue weighted by molar-refractivity contribution is 6.42. The maximum Gasteiger partial charge on any atom is 0.319 e. The van der Waals surface area contributed by atoms with Gasteiger partial charge < -0.3 is 20.1 Å². The van der Waals surface area contributed by atoms with Crippen LogP contribution in [0.4, 0.5) is 10.5 Å². The quantitative estimate of drug-likeness (QED) is 0.730. The van der Waals surface area contributed by atoms with Gasteiger partial charge in [-0.05, 0) is 35.9 Å². The fraction of sp³-hybridized carbons (Fsp3) is 0.350. The number of nitrogens with one attached hydrogen (secondary N) is 2. The summed E-state index contributed by atoms with van der Waals surface area (Å²) < 4.78 is 10.7. The Labute approximate surface area is 174 Å². The molecule has 1 aliphatic heterocycles. The van der Waals surface area contributed by atoms with Crippen LogP contribution in [0.2, 0.25) is 10.0 Å². The van der Waals surface area contributed by atoms with Gasteiger partial charge in [0.1, 0.15) is 5.75 Å². The smallest absolute Gasteiger partial charge is 0.319 e. The van der Waals surface area contributed by atoms with Gasteiger partial charge in [0.25, 0.3) is 0 Å². The van der Waals surface area contributed by atoms with Crippen LogP contribution in [0.25, 0.3) is 0 Å². The van der Waals surface area contributed by atoms with Crippen molar-refractivity contribution in [2.24, 2.45) is 0 Å². The zero-order valence-corrected chi connectivity index (χ0v) is 17.1. The Kier molecular flexibility index (Phi) is 7.39. The first kappa shape index (κ1) is 20.7. The topological polar surface area (TPSA) is 62.8 Å². The van der Waals surface area contributed by atoms with E-state index in [1.807, 2.05) is 24.3 Å². The molecule has 2 N–H and O–H groups in total. The molecule has 0 aromatic heterocycles. The van der Waals surface area contributed by atoms with Gasteiger partial charge in [-0.15, -0.1) is 0 Å². The number of halogens is 2. The van der Waals surface area contributed by atoms with Crippen LogP contribution in [-0.4, -0.2) is 50.9 Å². The molecule has 0 radical (unpaired) electrons. The molecule has 150 valence electrons. The van der Waals surface area contributed by atoms with E-state index in [-0.39, 0.29) is 12.1 Å². The van der Waals surface area contributed by atoms with E-state index in [4.69, 9.17) is 32.7 Å². The number of ether oxygens (including phenoxy) is 2. The van der Waals surface area contributed by atoms with Crippen molar-refractivity contribution < 1.29 is 14.3 Å². The molecule has 3 rings (SSSR count). The Hall–Kier alpha value is -1.99. The van der Waals surface area contributed by atoms with E-state index >= 15 is 0 Å². The van der Waals surface area contributed by atoms with E-state index in [2.05, 4.69) is 15.5 Å². The van der Waals surface area contributed by atoms with Crippen molar-refractivity contribution in [3.8, 4) is 5.75 Å². The van der Waals surface area contributed by atoms with Gasteiger partial charge in [-0.1, -0.05) is 35.3 Å². The van der Waals surface area contributed by atoms with Gasteiger partial charge >= 0.3 is 6.03 Å². The molecule has 1 fully saturated rings. The van der Waals surface area contributed by atoms with Crippen molar-refractivity contribution in [3.63, 3.8) is 0 Å². The number of rotatable bonds is 6. The first-order chi connectivity index (χ1) is 13.6. The number of hydrogen-bond acceptors (Lipinski definition) is 4. The highest BCUT2D eigenvalue weighted by atomic mass is 35.5. The number of morpholine rings is 1. The number of amides is 2. The number of carbonyl (C=O) groups is 1. The third-order valence-corrected chi connectivity index (χ3v) is 5.36. The van der Waals surface area contributed by atoms with E-state index in [1.54, 1.807) is 25.3 Å². The van der Waals surface area contributed by atoms with Crippen LogP contribution >= 0.6 is 23.2 Å². The van der Waals surface area contributed by atoms with Gasteiger partial charge in [-0.25, -0.2) is 4.79 Å². The highest BCUT2D eigenvalue weighted by Gasteiger charge is 2.23. The summed E-state index contributed by atoms with van der Waals surface area (Å²) in [7, 11) is 1.64. The van der Waals surface area contributed by atoms with Crippen LogP contribution in [0.15, 0.2) is 42.5 Å². The number of methoxy groups -OCH3 is 1. The van der Waals surface area contributed by atoms with Gasteiger partial charge in [-0.3, -0.25) is 4.90 Å². The molecule has 2 aromatic rings. The molecular formula is C20H23Cl2N3O3. The SMILES string of the molecule is COc1ccc(C(CNC(=O)Nc2ccc(Cl)c(Cl)c2)N2CCOCC2)cc1. The van der Waals surface area contributed by atoms with Gasteiger partial charge in [0.15, 0.2) is 0 Å². The molecule has 1 unspecified atom stereocenters. The second kappa shape index (κ2) is 9.98. The van der Waals surface area contributed by atoms with Crippen molar-refractivity contribution in [2.75, 3.05) is 45.3 Å². The Bertz CT molecular complexity index is 796. The molecule has 0 spiro atoms. The van der Waals surface area contributed by atoms with Crippen LogP contribution in [0.3, 0.4) is 0 Å².